The van der Waals surface area contributed by atoms with E-state index in [9.17, 15) is 9.90 Å². The van der Waals surface area contributed by atoms with Crippen LogP contribution in [0.4, 0.5) is 4.79 Å². The molecule has 27 heavy (non-hydrogen) atoms. The Kier molecular flexibility index (Phi) is 4.63. The van der Waals surface area contributed by atoms with E-state index in [1.54, 1.807) is 7.11 Å². The van der Waals surface area contributed by atoms with Gasteiger partial charge in [0.2, 0.25) is 0 Å². The molecule has 146 valence electrons. The van der Waals surface area contributed by atoms with Crippen LogP contribution in [0, 0.1) is 0 Å². The van der Waals surface area contributed by atoms with Crippen LogP contribution in [0.2, 0.25) is 0 Å². The molecule has 2 unspecified atom stereocenters. The van der Waals surface area contributed by atoms with Gasteiger partial charge < -0.3 is 24.8 Å². The van der Waals surface area contributed by atoms with Gasteiger partial charge in [-0.1, -0.05) is 28.1 Å². The molecule has 3 atom stereocenters. The van der Waals surface area contributed by atoms with Gasteiger partial charge in [0, 0.05) is 35.6 Å². The standard InChI is InChI=1S/C20H25BrN2O4/c1-11(2)22-19(25)23-7-6-20-5-4-12(24)8-16(20)27-18-15(26-3)9-14(21)13(10-23)17(18)20/h4-5,9,11-12,16,24H,6-8,10H2,1-3H3,(H,22,25)/t12-,16?,20?/m0/s1. The van der Waals surface area contributed by atoms with Crippen molar-refractivity contribution in [2.24, 2.45) is 0 Å². The highest BCUT2D eigenvalue weighted by Gasteiger charge is 2.53. The van der Waals surface area contributed by atoms with Crippen molar-refractivity contribution in [1.82, 2.24) is 10.2 Å². The van der Waals surface area contributed by atoms with Crippen molar-refractivity contribution in [1.29, 1.82) is 0 Å². The molecule has 0 saturated heterocycles. The maximum Gasteiger partial charge on any atom is 0.317 e. The topological polar surface area (TPSA) is 71.0 Å². The van der Waals surface area contributed by atoms with E-state index in [1.807, 2.05) is 30.9 Å². The minimum atomic E-state index is -0.517. The molecule has 1 aromatic carbocycles. The number of hydrogen-bond donors (Lipinski definition) is 2. The van der Waals surface area contributed by atoms with Gasteiger partial charge in [0.15, 0.2) is 11.5 Å². The highest BCUT2D eigenvalue weighted by Crippen LogP contribution is 2.57. The third-order valence-corrected chi connectivity index (χ3v) is 6.44. The van der Waals surface area contributed by atoms with Crippen LogP contribution < -0.4 is 14.8 Å². The first-order chi connectivity index (χ1) is 12.9. The lowest BCUT2D eigenvalue weighted by atomic mass is 9.69. The zero-order valence-electron chi connectivity index (χ0n) is 15.8. The summed E-state index contributed by atoms with van der Waals surface area (Å²) in [4.78, 5) is 14.6. The predicted molar refractivity (Wildman–Crippen MR) is 105 cm³/mol. The Morgan fingerprint density at radius 3 is 3.00 bits per heavy atom. The summed E-state index contributed by atoms with van der Waals surface area (Å²) in [5.74, 6) is 1.42. The van der Waals surface area contributed by atoms with Crippen LogP contribution in [0.1, 0.15) is 37.8 Å². The van der Waals surface area contributed by atoms with Crippen molar-refractivity contribution in [3.8, 4) is 11.5 Å². The SMILES string of the molecule is COc1cc(Br)c2c3c1OC1C[C@@H](O)C=CC31CCN(C(=O)NC(C)C)C2. The van der Waals surface area contributed by atoms with Gasteiger partial charge >= 0.3 is 6.03 Å². The Bertz CT molecular complexity index is 810. The van der Waals surface area contributed by atoms with Gasteiger partial charge in [0.25, 0.3) is 0 Å². The largest absolute Gasteiger partial charge is 0.493 e. The van der Waals surface area contributed by atoms with Gasteiger partial charge in [0.05, 0.1) is 18.6 Å². The molecule has 0 radical (unpaired) electrons. The van der Waals surface area contributed by atoms with E-state index in [2.05, 4.69) is 27.3 Å². The van der Waals surface area contributed by atoms with Crippen molar-refractivity contribution < 1.29 is 19.4 Å². The molecule has 7 heteroatoms. The fourth-order valence-corrected chi connectivity index (χ4v) is 5.00. The van der Waals surface area contributed by atoms with Gasteiger partial charge in [-0.15, -0.1) is 0 Å². The lowest BCUT2D eigenvalue weighted by molar-refractivity contribution is 0.0820. The number of ether oxygens (including phenoxy) is 2. The van der Waals surface area contributed by atoms with Crippen LogP contribution in [0.5, 0.6) is 11.5 Å². The van der Waals surface area contributed by atoms with E-state index < -0.39 is 6.10 Å². The van der Waals surface area contributed by atoms with E-state index in [1.165, 1.54) is 0 Å². The average Bonchev–Trinajstić information content (AvgIpc) is 2.82. The molecule has 1 aromatic rings. The predicted octanol–water partition coefficient (Wildman–Crippen LogP) is 3.10. The highest BCUT2D eigenvalue weighted by atomic mass is 79.9. The highest BCUT2D eigenvalue weighted by molar-refractivity contribution is 9.10. The number of carbonyl (C=O) groups is 1. The second-order valence-corrected chi connectivity index (χ2v) is 8.68. The molecule has 2 N–H and O–H groups in total. The lowest BCUT2D eigenvalue weighted by Crippen LogP contribution is -2.45. The third kappa shape index (κ3) is 2.91. The number of hydrogen-bond acceptors (Lipinski definition) is 4. The summed E-state index contributed by atoms with van der Waals surface area (Å²) in [5, 5.41) is 13.1. The monoisotopic (exact) mass is 436 g/mol. The smallest absolute Gasteiger partial charge is 0.317 e. The van der Waals surface area contributed by atoms with Crippen molar-refractivity contribution >= 4 is 22.0 Å². The molecule has 2 aliphatic heterocycles. The minimum Gasteiger partial charge on any atom is -0.493 e. The third-order valence-electron chi connectivity index (χ3n) is 5.73. The first-order valence-corrected chi connectivity index (χ1v) is 10.1. The van der Waals surface area contributed by atoms with Crippen LogP contribution >= 0.6 is 15.9 Å². The number of aliphatic hydroxyl groups excluding tert-OH is 1. The molecular weight excluding hydrogens is 412 g/mol. The normalized spacial score (nSPS) is 28.3. The number of amides is 2. The first-order valence-electron chi connectivity index (χ1n) is 9.35. The maximum absolute atomic E-state index is 12.7. The molecule has 0 fully saturated rings. The molecule has 0 aromatic heterocycles. The minimum absolute atomic E-state index is 0.0601. The number of rotatable bonds is 2. The van der Waals surface area contributed by atoms with Crippen molar-refractivity contribution in [2.75, 3.05) is 13.7 Å². The second-order valence-electron chi connectivity index (χ2n) is 7.83. The molecule has 2 heterocycles. The fraction of sp³-hybridized carbons (Fsp3) is 0.550. The number of nitrogens with one attached hydrogen (secondary N) is 1. The molecule has 0 bridgehead atoms. The maximum atomic E-state index is 12.7. The van der Waals surface area contributed by atoms with Crippen molar-refractivity contribution in [3.05, 3.63) is 33.8 Å². The molecule has 4 rings (SSSR count). The van der Waals surface area contributed by atoms with E-state index >= 15 is 0 Å². The van der Waals surface area contributed by atoms with Crippen LogP contribution in [0.3, 0.4) is 0 Å². The van der Waals surface area contributed by atoms with Crippen LogP contribution in [0.25, 0.3) is 0 Å². The molecule has 1 aliphatic carbocycles. The summed E-state index contributed by atoms with van der Waals surface area (Å²) in [6, 6.07) is 1.93. The van der Waals surface area contributed by atoms with Gasteiger partial charge in [-0.25, -0.2) is 4.79 Å². The quantitative estimate of drug-likeness (QED) is 0.698. The van der Waals surface area contributed by atoms with Gasteiger partial charge in [-0.2, -0.15) is 0 Å². The number of carbonyl (C=O) groups excluding carboxylic acids is 1. The molecule has 3 aliphatic rings. The van der Waals surface area contributed by atoms with E-state index in [-0.39, 0.29) is 23.6 Å². The Morgan fingerprint density at radius 2 is 2.30 bits per heavy atom. The molecule has 6 nitrogen and oxygen atoms in total. The van der Waals surface area contributed by atoms with Crippen molar-refractivity contribution in [3.63, 3.8) is 0 Å². The fourth-order valence-electron chi connectivity index (χ4n) is 4.47. The molecule has 1 spiro atoms. The lowest BCUT2D eigenvalue weighted by Gasteiger charge is -2.35. The summed E-state index contributed by atoms with van der Waals surface area (Å²) in [6.45, 7) is 5.03. The number of halogens is 1. The summed E-state index contributed by atoms with van der Waals surface area (Å²) >= 11 is 3.68. The van der Waals surface area contributed by atoms with Crippen molar-refractivity contribution in [2.45, 2.75) is 56.9 Å². The zero-order chi connectivity index (χ0) is 19.3. The zero-order valence-corrected chi connectivity index (χ0v) is 17.4. The van der Waals surface area contributed by atoms with Crippen LogP contribution in [-0.2, 0) is 12.0 Å². The van der Waals surface area contributed by atoms with Gasteiger partial charge in [-0.3, -0.25) is 0 Å². The Morgan fingerprint density at radius 1 is 1.52 bits per heavy atom. The first kappa shape index (κ1) is 18.6. The number of urea groups is 1. The average molecular weight is 437 g/mol. The van der Waals surface area contributed by atoms with Gasteiger partial charge in [-0.05, 0) is 31.9 Å². The molecular formula is C20H25BrN2O4. The number of nitrogens with zero attached hydrogens (tertiary/aromatic N) is 1. The van der Waals surface area contributed by atoms with Crippen LogP contribution in [-0.4, -0.2) is 47.9 Å². The van der Waals surface area contributed by atoms with E-state index in [0.29, 0.717) is 25.3 Å². The molecule has 0 saturated carbocycles. The van der Waals surface area contributed by atoms with E-state index in [0.717, 1.165) is 27.8 Å². The summed E-state index contributed by atoms with van der Waals surface area (Å²) in [7, 11) is 1.63. The summed E-state index contributed by atoms with van der Waals surface area (Å²) in [5.41, 5.74) is 1.78. The summed E-state index contributed by atoms with van der Waals surface area (Å²) < 4.78 is 12.8. The summed E-state index contributed by atoms with van der Waals surface area (Å²) in [6.07, 6.45) is 4.53. The Hall–Kier alpha value is -1.73. The molecule has 2 amide bonds. The van der Waals surface area contributed by atoms with Gasteiger partial charge in [0.1, 0.15) is 6.10 Å². The number of benzene rings is 1. The van der Waals surface area contributed by atoms with Crippen LogP contribution in [0.15, 0.2) is 22.7 Å². The van der Waals surface area contributed by atoms with E-state index in [4.69, 9.17) is 9.47 Å². The Balaban J connectivity index is 1.84. The Labute approximate surface area is 167 Å². The number of aliphatic hydroxyl groups is 1. The second kappa shape index (κ2) is 6.71. The number of methoxy groups -OCH3 is 1.